The summed E-state index contributed by atoms with van der Waals surface area (Å²) in [6.45, 7) is 7.11. The van der Waals surface area contributed by atoms with E-state index in [0.29, 0.717) is 5.69 Å². The Hall–Kier alpha value is -2.00. The molecule has 6 nitrogen and oxygen atoms in total. The molecule has 0 saturated carbocycles. The first-order chi connectivity index (χ1) is 12.9. The van der Waals surface area contributed by atoms with Crippen LogP contribution in [0.1, 0.15) is 36.1 Å². The third-order valence-electron chi connectivity index (χ3n) is 3.68. The summed E-state index contributed by atoms with van der Waals surface area (Å²) in [6, 6.07) is 9.61. The third-order valence-corrected chi connectivity index (χ3v) is 6.85. The Labute approximate surface area is 173 Å². The van der Waals surface area contributed by atoms with Gasteiger partial charge in [0.1, 0.15) is 4.90 Å². The number of halogens is 1. The Morgan fingerprint density at radius 3 is 2.54 bits per heavy atom. The van der Waals surface area contributed by atoms with Crippen molar-refractivity contribution in [2.75, 3.05) is 5.32 Å². The molecule has 1 aromatic heterocycles. The monoisotopic (exact) mass is 437 g/mol. The van der Waals surface area contributed by atoms with Gasteiger partial charge in [-0.3, -0.25) is 4.79 Å². The van der Waals surface area contributed by atoms with E-state index in [9.17, 15) is 13.2 Å². The van der Waals surface area contributed by atoms with Crippen LogP contribution < -0.4 is 10.0 Å². The molecule has 0 bridgehead atoms. The predicted molar refractivity (Wildman–Crippen MR) is 114 cm³/mol. The van der Waals surface area contributed by atoms with E-state index in [0.717, 1.165) is 15.2 Å². The Morgan fingerprint density at radius 1 is 1.14 bits per heavy atom. The van der Waals surface area contributed by atoms with Gasteiger partial charge in [0.2, 0.25) is 10.0 Å². The zero-order valence-corrected chi connectivity index (χ0v) is 18.2. The minimum absolute atomic E-state index is 0.0508. The SMILES string of the molecule is Cc1nc2ccc(NC(=O)c3ccc(Cl)c(S(=O)(=O)NC(C)(C)C)c3)cc2s1. The molecule has 1 amide bonds. The van der Waals surface area contributed by atoms with E-state index in [2.05, 4.69) is 15.0 Å². The van der Waals surface area contributed by atoms with Crippen molar-refractivity contribution < 1.29 is 13.2 Å². The normalized spacial score (nSPS) is 12.3. The number of carbonyl (C=O) groups excluding carboxylic acids is 1. The first-order valence-electron chi connectivity index (χ1n) is 8.47. The van der Waals surface area contributed by atoms with Crippen LogP contribution in [-0.4, -0.2) is 24.8 Å². The molecule has 3 rings (SSSR count). The van der Waals surface area contributed by atoms with Gasteiger partial charge < -0.3 is 5.32 Å². The second kappa shape index (κ2) is 7.44. The average molecular weight is 438 g/mol. The Balaban J connectivity index is 1.89. The average Bonchev–Trinajstić information content (AvgIpc) is 2.92. The van der Waals surface area contributed by atoms with Crippen LogP contribution in [0.4, 0.5) is 5.69 Å². The van der Waals surface area contributed by atoms with Crippen molar-refractivity contribution in [3.63, 3.8) is 0 Å². The van der Waals surface area contributed by atoms with Crippen molar-refractivity contribution in [3.05, 3.63) is 52.0 Å². The number of hydrogen-bond donors (Lipinski definition) is 2. The summed E-state index contributed by atoms with van der Waals surface area (Å²) in [4.78, 5) is 16.9. The number of rotatable bonds is 4. The van der Waals surface area contributed by atoms with Gasteiger partial charge in [-0.25, -0.2) is 18.1 Å². The lowest BCUT2D eigenvalue weighted by Gasteiger charge is -2.21. The summed E-state index contributed by atoms with van der Waals surface area (Å²) < 4.78 is 28.7. The molecule has 0 aliphatic heterocycles. The number of carbonyl (C=O) groups is 1. The van der Waals surface area contributed by atoms with E-state index in [1.54, 1.807) is 26.8 Å². The van der Waals surface area contributed by atoms with E-state index in [1.807, 2.05) is 19.1 Å². The molecular weight excluding hydrogens is 418 g/mol. The first kappa shape index (κ1) is 20.7. The summed E-state index contributed by atoms with van der Waals surface area (Å²) in [6.07, 6.45) is 0. The van der Waals surface area contributed by atoms with Crippen molar-refractivity contribution in [1.82, 2.24) is 9.71 Å². The summed E-state index contributed by atoms with van der Waals surface area (Å²) in [5.41, 5.74) is 0.990. The summed E-state index contributed by atoms with van der Waals surface area (Å²) in [5, 5.41) is 3.78. The van der Waals surface area contributed by atoms with Gasteiger partial charge in [-0.1, -0.05) is 11.6 Å². The number of nitrogens with one attached hydrogen (secondary N) is 2. The van der Waals surface area contributed by atoms with Crippen LogP contribution in [0.2, 0.25) is 5.02 Å². The van der Waals surface area contributed by atoms with E-state index in [1.165, 1.54) is 29.5 Å². The number of aryl methyl sites for hydroxylation is 1. The fourth-order valence-electron chi connectivity index (χ4n) is 2.63. The maximum atomic E-state index is 12.6. The first-order valence-corrected chi connectivity index (χ1v) is 11.1. The summed E-state index contributed by atoms with van der Waals surface area (Å²) in [7, 11) is -3.87. The molecular formula is C19H20ClN3O3S2. The summed E-state index contributed by atoms with van der Waals surface area (Å²) in [5.74, 6) is -0.426. The van der Waals surface area contributed by atoms with Crippen LogP contribution in [0.25, 0.3) is 10.2 Å². The second-order valence-electron chi connectivity index (χ2n) is 7.37. The molecule has 0 saturated heterocycles. The van der Waals surface area contributed by atoms with Crippen molar-refractivity contribution >= 4 is 54.8 Å². The third kappa shape index (κ3) is 4.70. The topological polar surface area (TPSA) is 88.2 Å². The number of benzene rings is 2. The van der Waals surface area contributed by atoms with Gasteiger partial charge in [0, 0.05) is 16.8 Å². The second-order valence-corrected chi connectivity index (χ2v) is 10.7. The number of hydrogen-bond acceptors (Lipinski definition) is 5. The number of fused-ring (bicyclic) bond motifs is 1. The molecule has 0 atom stereocenters. The summed E-state index contributed by atoms with van der Waals surface area (Å²) >= 11 is 7.62. The van der Waals surface area contributed by atoms with Crippen LogP contribution in [0, 0.1) is 6.92 Å². The van der Waals surface area contributed by atoms with Gasteiger partial charge >= 0.3 is 0 Å². The highest BCUT2D eigenvalue weighted by atomic mass is 35.5. The molecule has 1 heterocycles. The van der Waals surface area contributed by atoms with Crippen LogP contribution >= 0.6 is 22.9 Å². The Bertz CT molecular complexity index is 1160. The van der Waals surface area contributed by atoms with Crippen LogP contribution in [0.3, 0.4) is 0 Å². The maximum Gasteiger partial charge on any atom is 0.255 e. The number of thiazole rings is 1. The number of anilines is 1. The van der Waals surface area contributed by atoms with Crippen molar-refractivity contribution in [2.45, 2.75) is 38.1 Å². The largest absolute Gasteiger partial charge is 0.322 e. The number of nitrogens with zero attached hydrogens (tertiary/aromatic N) is 1. The molecule has 0 unspecified atom stereocenters. The van der Waals surface area contributed by atoms with Crippen molar-refractivity contribution in [3.8, 4) is 0 Å². The molecule has 148 valence electrons. The fraction of sp³-hybridized carbons (Fsp3) is 0.263. The molecule has 3 aromatic rings. The highest BCUT2D eigenvalue weighted by Gasteiger charge is 2.25. The molecule has 0 fully saturated rings. The van der Waals surface area contributed by atoms with Crippen molar-refractivity contribution in [2.24, 2.45) is 0 Å². The van der Waals surface area contributed by atoms with E-state index >= 15 is 0 Å². The lowest BCUT2D eigenvalue weighted by molar-refractivity contribution is 0.102. The lowest BCUT2D eigenvalue weighted by Crippen LogP contribution is -2.40. The van der Waals surface area contributed by atoms with Crippen LogP contribution in [0.15, 0.2) is 41.3 Å². The van der Waals surface area contributed by atoms with Crippen LogP contribution in [0.5, 0.6) is 0 Å². The quantitative estimate of drug-likeness (QED) is 0.624. The number of amides is 1. The lowest BCUT2D eigenvalue weighted by atomic mass is 10.1. The zero-order chi connectivity index (χ0) is 20.7. The molecule has 2 aromatic carbocycles. The molecule has 0 spiro atoms. The van der Waals surface area contributed by atoms with Gasteiger partial charge in [0.25, 0.3) is 5.91 Å². The molecule has 0 radical (unpaired) electrons. The predicted octanol–water partition coefficient (Wildman–Crippen LogP) is 4.59. The molecule has 2 N–H and O–H groups in total. The smallest absolute Gasteiger partial charge is 0.255 e. The zero-order valence-electron chi connectivity index (χ0n) is 15.8. The molecule has 0 aliphatic carbocycles. The van der Waals surface area contributed by atoms with Gasteiger partial charge in [-0.05, 0) is 64.1 Å². The van der Waals surface area contributed by atoms with Crippen molar-refractivity contribution in [1.29, 1.82) is 0 Å². The van der Waals surface area contributed by atoms with E-state index in [-0.39, 0.29) is 15.5 Å². The van der Waals surface area contributed by atoms with E-state index < -0.39 is 21.5 Å². The Morgan fingerprint density at radius 2 is 1.86 bits per heavy atom. The minimum Gasteiger partial charge on any atom is -0.322 e. The van der Waals surface area contributed by atoms with Gasteiger partial charge in [0.15, 0.2) is 0 Å². The van der Waals surface area contributed by atoms with Crippen LogP contribution in [-0.2, 0) is 10.0 Å². The maximum absolute atomic E-state index is 12.6. The number of sulfonamides is 1. The van der Waals surface area contributed by atoms with E-state index in [4.69, 9.17) is 11.6 Å². The minimum atomic E-state index is -3.87. The fourth-order valence-corrected chi connectivity index (χ4v) is 5.44. The molecule has 0 aliphatic rings. The van der Waals surface area contributed by atoms with Gasteiger partial charge in [0.05, 0.1) is 20.2 Å². The Kier molecular flexibility index (Phi) is 5.51. The molecule has 28 heavy (non-hydrogen) atoms. The van der Waals surface area contributed by atoms with Gasteiger partial charge in [-0.15, -0.1) is 11.3 Å². The molecule has 9 heteroatoms. The highest BCUT2D eigenvalue weighted by Crippen LogP contribution is 2.27. The standard InChI is InChI=1S/C19H20ClN3O3S2/c1-11-21-15-8-6-13(10-16(15)27-11)22-18(24)12-5-7-14(20)17(9-12)28(25,26)23-19(2,3)4/h5-10,23H,1-4H3,(H,22,24). The van der Waals surface area contributed by atoms with Gasteiger partial charge in [-0.2, -0.15) is 0 Å². The highest BCUT2D eigenvalue weighted by molar-refractivity contribution is 7.89. The number of aromatic nitrogens is 1.